The van der Waals surface area contributed by atoms with Crippen molar-refractivity contribution in [2.45, 2.75) is 39.3 Å². The molecule has 156 valence electrons. The first-order valence-corrected chi connectivity index (χ1v) is 10.4. The molecule has 0 amide bonds. The molecule has 0 radical (unpaired) electrons. The number of rotatable bonds is 3. The highest BCUT2D eigenvalue weighted by atomic mass is 16.1. The number of hydrogen-bond donors (Lipinski definition) is 1. The normalized spacial score (nSPS) is 20.9. The van der Waals surface area contributed by atoms with E-state index in [4.69, 9.17) is 5.73 Å². The molecule has 30 heavy (non-hydrogen) atoms. The zero-order chi connectivity index (χ0) is 21.0. The van der Waals surface area contributed by atoms with Gasteiger partial charge in [-0.2, -0.15) is 5.10 Å². The SMILES string of the molecule is Cc1nn(C)c(C)c1CN1C[C@@H]2C[C@H](C1)c1cc(-c3cc(N)ncn3)cc(=O)n1C2. The third-order valence-electron chi connectivity index (χ3n) is 6.66. The average Bonchev–Trinajstić information content (AvgIpc) is 2.94. The van der Waals surface area contributed by atoms with Gasteiger partial charge in [0.15, 0.2) is 0 Å². The van der Waals surface area contributed by atoms with Gasteiger partial charge in [-0.25, -0.2) is 9.97 Å². The van der Waals surface area contributed by atoms with Crippen molar-refractivity contribution in [1.82, 2.24) is 29.2 Å². The van der Waals surface area contributed by atoms with Gasteiger partial charge in [-0.3, -0.25) is 14.4 Å². The average molecular weight is 406 g/mol. The highest BCUT2D eigenvalue weighted by molar-refractivity contribution is 5.61. The molecule has 2 aliphatic heterocycles. The van der Waals surface area contributed by atoms with Crippen molar-refractivity contribution in [1.29, 1.82) is 0 Å². The first-order chi connectivity index (χ1) is 14.4. The maximum absolute atomic E-state index is 12.9. The Kier molecular flexibility index (Phi) is 4.47. The minimum atomic E-state index is 0.0433. The molecular formula is C22H27N7O. The van der Waals surface area contributed by atoms with Crippen LogP contribution in [0.5, 0.6) is 0 Å². The van der Waals surface area contributed by atoms with Crippen LogP contribution in [0.15, 0.2) is 29.3 Å². The molecule has 0 spiro atoms. The van der Waals surface area contributed by atoms with Crippen molar-refractivity contribution in [2.24, 2.45) is 13.0 Å². The molecule has 8 heteroatoms. The van der Waals surface area contributed by atoms with Crippen LogP contribution in [0, 0.1) is 19.8 Å². The van der Waals surface area contributed by atoms with Crippen LogP contribution in [0.3, 0.4) is 0 Å². The first-order valence-electron chi connectivity index (χ1n) is 10.4. The molecule has 0 aliphatic carbocycles. The number of nitrogens with two attached hydrogens (primary N) is 1. The van der Waals surface area contributed by atoms with Crippen LogP contribution in [0.2, 0.25) is 0 Å². The Bertz CT molecular complexity index is 1180. The lowest BCUT2D eigenvalue weighted by Crippen LogP contribution is -2.46. The molecule has 0 saturated carbocycles. The predicted molar refractivity (Wildman–Crippen MR) is 115 cm³/mol. The minimum absolute atomic E-state index is 0.0433. The van der Waals surface area contributed by atoms with E-state index < -0.39 is 0 Å². The lowest BCUT2D eigenvalue weighted by atomic mass is 9.82. The van der Waals surface area contributed by atoms with E-state index >= 15 is 0 Å². The van der Waals surface area contributed by atoms with E-state index in [1.165, 1.54) is 17.6 Å². The van der Waals surface area contributed by atoms with Gasteiger partial charge in [0.25, 0.3) is 5.56 Å². The number of fused-ring (bicyclic) bond motifs is 4. The first kappa shape index (κ1) is 19.0. The lowest BCUT2D eigenvalue weighted by molar-refractivity contribution is 0.114. The molecule has 2 bridgehead atoms. The van der Waals surface area contributed by atoms with Gasteiger partial charge in [0, 0.05) is 73.8 Å². The van der Waals surface area contributed by atoms with Gasteiger partial charge in [-0.1, -0.05) is 0 Å². The van der Waals surface area contributed by atoms with Crippen molar-refractivity contribution in [3.05, 3.63) is 57.5 Å². The summed E-state index contributed by atoms with van der Waals surface area (Å²) in [6.45, 7) is 7.86. The van der Waals surface area contributed by atoms with E-state index in [9.17, 15) is 4.79 Å². The summed E-state index contributed by atoms with van der Waals surface area (Å²) >= 11 is 0. The molecular weight excluding hydrogens is 378 g/mol. The van der Waals surface area contributed by atoms with Crippen molar-refractivity contribution in [3.8, 4) is 11.3 Å². The van der Waals surface area contributed by atoms with Gasteiger partial charge in [-0.15, -0.1) is 0 Å². The number of nitrogens with zero attached hydrogens (tertiary/aromatic N) is 6. The quantitative estimate of drug-likeness (QED) is 0.715. The van der Waals surface area contributed by atoms with Crippen LogP contribution in [-0.4, -0.2) is 42.3 Å². The maximum Gasteiger partial charge on any atom is 0.251 e. The third kappa shape index (κ3) is 3.21. The molecule has 2 atom stereocenters. The Balaban J connectivity index is 1.47. The van der Waals surface area contributed by atoms with Crippen LogP contribution in [0.25, 0.3) is 11.3 Å². The summed E-state index contributed by atoms with van der Waals surface area (Å²) in [6.07, 6.45) is 2.56. The van der Waals surface area contributed by atoms with Crippen molar-refractivity contribution < 1.29 is 0 Å². The number of anilines is 1. The number of likely N-dealkylation sites (tertiary alicyclic amines) is 1. The van der Waals surface area contributed by atoms with E-state index in [0.717, 1.165) is 49.6 Å². The third-order valence-corrected chi connectivity index (χ3v) is 6.66. The molecule has 1 fully saturated rings. The molecule has 2 aliphatic rings. The number of aryl methyl sites for hydroxylation is 2. The van der Waals surface area contributed by atoms with E-state index in [-0.39, 0.29) is 5.56 Å². The second-order valence-corrected chi connectivity index (χ2v) is 8.71. The summed E-state index contributed by atoms with van der Waals surface area (Å²) in [5, 5.41) is 4.57. The van der Waals surface area contributed by atoms with Crippen LogP contribution >= 0.6 is 0 Å². The Morgan fingerprint density at radius 1 is 1.13 bits per heavy atom. The predicted octanol–water partition coefficient (Wildman–Crippen LogP) is 1.86. The highest BCUT2D eigenvalue weighted by Crippen LogP contribution is 2.37. The van der Waals surface area contributed by atoms with Gasteiger partial charge in [0.1, 0.15) is 12.1 Å². The number of nitrogen functional groups attached to an aromatic ring is 1. The Morgan fingerprint density at radius 2 is 1.97 bits per heavy atom. The monoisotopic (exact) mass is 405 g/mol. The van der Waals surface area contributed by atoms with E-state index in [1.807, 2.05) is 16.3 Å². The lowest BCUT2D eigenvalue weighted by Gasteiger charge is -2.43. The maximum atomic E-state index is 12.9. The van der Waals surface area contributed by atoms with Gasteiger partial charge < -0.3 is 10.3 Å². The van der Waals surface area contributed by atoms with Crippen molar-refractivity contribution >= 4 is 5.82 Å². The van der Waals surface area contributed by atoms with Crippen LogP contribution in [0.1, 0.15) is 35.0 Å². The van der Waals surface area contributed by atoms with Gasteiger partial charge in [-0.05, 0) is 32.3 Å². The standard InChI is InChI=1S/C22H27N7O/c1-13-18(14(2)27(3)26-13)11-28-8-15-4-17(10-28)20-5-16(6-22(30)29(20)9-15)19-7-21(23)25-12-24-19/h5-7,12,15,17H,4,8-11H2,1-3H3,(H2,23,24,25)/t15-,17+/m0/s1. The number of hydrogen-bond acceptors (Lipinski definition) is 6. The smallest absolute Gasteiger partial charge is 0.251 e. The largest absolute Gasteiger partial charge is 0.384 e. The molecule has 0 aromatic carbocycles. The molecule has 8 nitrogen and oxygen atoms in total. The minimum Gasteiger partial charge on any atom is -0.384 e. The summed E-state index contributed by atoms with van der Waals surface area (Å²) < 4.78 is 3.93. The fourth-order valence-corrected chi connectivity index (χ4v) is 5.14. The Labute approximate surface area is 175 Å². The second-order valence-electron chi connectivity index (χ2n) is 8.71. The van der Waals surface area contributed by atoms with Crippen molar-refractivity contribution in [2.75, 3.05) is 18.8 Å². The van der Waals surface area contributed by atoms with E-state index in [2.05, 4.69) is 39.9 Å². The van der Waals surface area contributed by atoms with Crippen LogP contribution < -0.4 is 11.3 Å². The summed E-state index contributed by atoms with van der Waals surface area (Å²) in [6, 6.07) is 5.51. The summed E-state index contributed by atoms with van der Waals surface area (Å²) in [7, 11) is 2.00. The molecule has 0 unspecified atom stereocenters. The zero-order valence-corrected chi connectivity index (χ0v) is 17.7. The number of pyridine rings is 1. The zero-order valence-electron chi connectivity index (χ0n) is 17.7. The molecule has 1 saturated heterocycles. The second kappa shape index (κ2) is 7.05. The van der Waals surface area contributed by atoms with E-state index in [1.54, 1.807) is 12.1 Å². The molecule has 5 heterocycles. The fraction of sp³-hybridized carbons (Fsp3) is 0.455. The van der Waals surface area contributed by atoms with Gasteiger partial charge in [0.2, 0.25) is 0 Å². The fourth-order valence-electron chi connectivity index (χ4n) is 5.14. The Hall–Kier alpha value is -3.00. The van der Waals surface area contributed by atoms with Gasteiger partial charge in [0.05, 0.1) is 11.4 Å². The summed E-state index contributed by atoms with van der Waals surface area (Å²) in [5.41, 5.74) is 12.1. The highest BCUT2D eigenvalue weighted by Gasteiger charge is 2.35. The molecule has 2 N–H and O–H groups in total. The topological polar surface area (TPSA) is 94.9 Å². The van der Waals surface area contributed by atoms with Gasteiger partial charge >= 0.3 is 0 Å². The van der Waals surface area contributed by atoms with Crippen molar-refractivity contribution in [3.63, 3.8) is 0 Å². The Morgan fingerprint density at radius 3 is 2.70 bits per heavy atom. The summed E-state index contributed by atoms with van der Waals surface area (Å²) in [4.78, 5) is 23.7. The molecule has 5 rings (SSSR count). The van der Waals surface area contributed by atoms with E-state index in [0.29, 0.717) is 23.3 Å². The number of piperidine rings is 1. The molecule has 3 aromatic heterocycles. The van der Waals surface area contributed by atoms with Crippen LogP contribution in [-0.2, 0) is 20.1 Å². The number of aromatic nitrogens is 5. The molecule has 3 aromatic rings. The van der Waals surface area contributed by atoms with Crippen LogP contribution in [0.4, 0.5) is 5.82 Å². The summed E-state index contributed by atoms with van der Waals surface area (Å²) in [5.74, 6) is 1.23.